The fourth-order valence-corrected chi connectivity index (χ4v) is 6.41. The smallest absolute Gasteiger partial charge is 0.329 e. The number of hydrogen-bond donors (Lipinski definition) is 7. The quantitative estimate of drug-likeness (QED) is 0.104. The lowest BCUT2D eigenvalue weighted by Crippen LogP contribution is -2.71. The zero-order valence-corrected chi connectivity index (χ0v) is 27.7. The first-order valence-electron chi connectivity index (χ1n) is 16.9. The van der Waals surface area contributed by atoms with Gasteiger partial charge in [-0.25, -0.2) is 15.0 Å². The summed E-state index contributed by atoms with van der Waals surface area (Å²) >= 11 is 0. The third kappa shape index (κ3) is 11.0. The molecule has 1 aliphatic carbocycles. The van der Waals surface area contributed by atoms with Crippen LogP contribution in [0.3, 0.4) is 0 Å². The number of ketones is 1. The molecular formula is C33H50N6O9. The molecule has 0 spiro atoms. The van der Waals surface area contributed by atoms with Gasteiger partial charge in [-0.1, -0.05) is 56.5 Å². The minimum atomic E-state index is -1.20. The largest absolute Gasteiger partial charge is 0.388 e. The van der Waals surface area contributed by atoms with Crippen LogP contribution >= 0.6 is 0 Å². The van der Waals surface area contributed by atoms with E-state index in [-0.39, 0.29) is 37.7 Å². The predicted octanol–water partition coefficient (Wildman–Crippen LogP) is 0.940. The lowest BCUT2D eigenvalue weighted by atomic mass is 9.87. The van der Waals surface area contributed by atoms with Gasteiger partial charge in [0.15, 0.2) is 18.3 Å². The predicted molar refractivity (Wildman–Crippen MR) is 173 cm³/mol. The van der Waals surface area contributed by atoms with Crippen molar-refractivity contribution >= 4 is 30.0 Å². The van der Waals surface area contributed by atoms with Gasteiger partial charge < -0.3 is 45.4 Å². The number of aldehydes is 1. The Hall–Kier alpha value is -3.63. The Bertz CT molecular complexity index is 1220. The van der Waals surface area contributed by atoms with E-state index in [0.717, 1.165) is 31.2 Å². The number of aliphatic hydroxyl groups excluding tert-OH is 1. The molecule has 1 aromatic rings. The molecule has 15 heteroatoms. The van der Waals surface area contributed by atoms with Crippen LogP contribution in [0.25, 0.3) is 0 Å². The zero-order valence-electron chi connectivity index (χ0n) is 27.7. The molecule has 2 unspecified atom stereocenters. The monoisotopic (exact) mass is 674 g/mol. The van der Waals surface area contributed by atoms with Crippen molar-refractivity contribution in [2.75, 3.05) is 13.2 Å². The van der Waals surface area contributed by atoms with E-state index in [1.54, 1.807) is 0 Å². The molecular weight excluding hydrogens is 624 g/mol. The topological polar surface area (TPSA) is 205 Å². The molecule has 2 saturated heterocycles. The van der Waals surface area contributed by atoms with Crippen molar-refractivity contribution in [2.45, 2.75) is 121 Å². The molecule has 5 amide bonds. The summed E-state index contributed by atoms with van der Waals surface area (Å²) in [6, 6.07) is 5.35. The molecule has 8 atom stereocenters. The first kappa shape index (κ1) is 37.2. The van der Waals surface area contributed by atoms with Gasteiger partial charge in [0.05, 0.1) is 18.7 Å². The number of carbonyl (C=O) groups is 5. The Morgan fingerprint density at radius 3 is 2.46 bits per heavy atom. The summed E-state index contributed by atoms with van der Waals surface area (Å²) < 4.78 is 18.2. The molecule has 15 nitrogen and oxygen atoms in total. The number of aliphatic hydroxyl groups is 1. The molecule has 0 aromatic heterocycles. The standard InChI is InChI=1S/C33H50N6O9/c1-3-10-25(42)24(15-16-34-32(44)39-38-23(18-40)17-21-11-6-4-7-12-21)36-33(45)37-30-27(35-20(2)41)28(43)29-26(47-30)19-46-31(48-29)22-13-8-5-9-14-22/h4,6-7,11-12,18,22-24,26-31,38,43H,3,5,8-10,13-17,19H2,1-2H3,(H,35,41)(H2,34,39,44)(H2,36,37,45)/t23-,24-,26+,27+,28+,29+,30?,31?/m0/s1. The second kappa shape index (κ2) is 18.8. The van der Waals surface area contributed by atoms with Crippen LogP contribution in [0.5, 0.6) is 0 Å². The number of amides is 5. The molecule has 1 saturated carbocycles. The number of hydrazine groups is 1. The van der Waals surface area contributed by atoms with E-state index in [9.17, 15) is 29.1 Å². The summed E-state index contributed by atoms with van der Waals surface area (Å²) in [5.41, 5.74) is 6.03. The van der Waals surface area contributed by atoms with Crippen LogP contribution in [0.1, 0.15) is 70.8 Å². The van der Waals surface area contributed by atoms with E-state index in [2.05, 4.69) is 32.1 Å². The molecule has 0 bridgehead atoms. The van der Waals surface area contributed by atoms with E-state index < -0.39 is 66.9 Å². The average molecular weight is 675 g/mol. The summed E-state index contributed by atoms with van der Waals surface area (Å²) in [7, 11) is 0. The third-order valence-electron chi connectivity index (χ3n) is 8.86. The van der Waals surface area contributed by atoms with E-state index in [0.29, 0.717) is 19.1 Å². The molecule has 4 rings (SSSR count). The Balaban J connectivity index is 1.29. The van der Waals surface area contributed by atoms with Gasteiger partial charge in [-0.2, -0.15) is 0 Å². The number of benzene rings is 1. The van der Waals surface area contributed by atoms with Crippen LogP contribution in [0.15, 0.2) is 30.3 Å². The van der Waals surface area contributed by atoms with Crippen LogP contribution in [0, 0.1) is 5.92 Å². The molecule has 48 heavy (non-hydrogen) atoms. The molecule has 1 aromatic carbocycles. The first-order chi connectivity index (χ1) is 23.2. The maximum atomic E-state index is 13.2. The lowest BCUT2D eigenvalue weighted by molar-refractivity contribution is -0.325. The maximum Gasteiger partial charge on any atom is 0.329 e. The summed E-state index contributed by atoms with van der Waals surface area (Å²) in [6.07, 6.45) is 2.93. The van der Waals surface area contributed by atoms with Gasteiger partial charge in [-0.3, -0.25) is 15.0 Å². The van der Waals surface area contributed by atoms with Gasteiger partial charge in [-0.15, -0.1) is 0 Å². The number of carbonyl (C=O) groups excluding carboxylic acids is 5. The minimum absolute atomic E-state index is 0.0338. The molecule has 3 aliphatic rings. The summed E-state index contributed by atoms with van der Waals surface area (Å²) in [5.74, 6) is -0.448. The fourth-order valence-electron chi connectivity index (χ4n) is 6.41. The van der Waals surface area contributed by atoms with Gasteiger partial charge in [-0.05, 0) is 37.7 Å². The van der Waals surface area contributed by atoms with E-state index in [1.807, 2.05) is 37.3 Å². The van der Waals surface area contributed by atoms with Gasteiger partial charge in [0, 0.05) is 25.8 Å². The Kier molecular flexibility index (Phi) is 14.6. The van der Waals surface area contributed by atoms with Crippen molar-refractivity contribution in [2.24, 2.45) is 5.92 Å². The highest BCUT2D eigenvalue weighted by atomic mass is 16.7. The van der Waals surface area contributed by atoms with Crippen molar-refractivity contribution < 1.29 is 43.3 Å². The lowest BCUT2D eigenvalue weighted by Gasteiger charge is -2.49. The first-order valence-corrected chi connectivity index (χ1v) is 16.9. The minimum Gasteiger partial charge on any atom is -0.388 e. The van der Waals surface area contributed by atoms with Crippen molar-refractivity contribution in [3.05, 3.63) is 35.9 Å². The van der Waals surface area contributed by atoms with Gasteiger partial charge in [0.25, 0.3) is 0 Å². The zero-order chi connectivity index (χ0) is 34.5. The van der Waals surface area contributed by atoms with E-state index >= 15 is 0 Å². The number of Topliss-reactive ketones (excluding diaryl/α,β-unsaturated/α-hetero) is 1. The number of rotatable bonds is 15. The van der Waals surface area contributed by atoms with E-state index in [4.69, 9.17) is 14.2 Å². The number of urea groups is 2. The molecule has 7 N–H and O–H groups in total. The summed E-state index contributed by atoms with van der Waals surface area (Å²) in [5, 5.41) is 21.9. The second-order valence-electron chi connectivity index (χ2n) is 12.6. The SMILES string of the molecule is CCCC(=O)[C@H](CCNC(=O)NN[C@H](C=O)Cc1ccccc1)NC(=O)NC1O[C@@H]2COC(C3CCCCC3)O[C@H]2[C@H](O)[C@H]1NC(C)=O. The number of ether oxygens (including phenoxy) is 3. The highest BCUT2D eigenvalue weighted by Crippen LogP contribution is 2.35. The van der Waals surface area contributed by atoms with Crippen LogP contribution in [0.4, 0.5) is 9.59 Å². The van der Waals surface area contributed by atoms with Crippen molar-refractivity contribution in [1.29, 1.82) is 0 Å². The molecule has 3 fully saturated rings. The third-order valence-corrected chi connectivity index (χ3v) is 8.86. The van der Waals surface area contributed by atoms with Crippen LogP contribution in [-0.4, -0.2) is 97.3 Å². The van der Waals surface area contributed by atoms with Crippen molar-refractivity contribution in [1.82, 2.24) is 32.1 Å². The maximum absolute atomic E-state index is 13.2. The van der Waals surface area contributed by atoms with Crippen molar-refractivity contribution in [3.8, 4) is 0 Å². The number of nitrogens with one attached hydrogen (secondary N) is 6. The molecule has 0 radical (unpaired) electrons. The summed E-state index contributed by atoms with van der Waals surface area (Å²) in [4.78, 5) is 62.0. The van der Waals surface area contributed by atoms with Crippen LogP contribution in [0.2, 0.25) is 0 Å². The molecule has 266 valence electrons. The van der Waals surface area contributed by atoms with Crippen LogP contribution in [-0.2, 0) is 35.0 Å². The molecule has 2 heterocycles. The van der Waals surface area contributed by atoms with Gasteiger partial charge in [0.1, 0.15) is 30.6 Å². The summed E-state index contributed by atoms with van der Waals surface area (Å²) in [6.45, 7) is 3.32. The van der Waals surface area contributed by atoms with Gasteiger partial charge in [0.2, 0.25) is 5.91 Å². The average Bonchev–Trinajstić information content (AvgIpc) is 3.08. The highest BCUT2D eigenvalue weighted by molar-refractivity contribution is 5.88. The van der Waals surface area contributed by atoms with Crippen LogP contribution < -0.4 is 32.1 Å². The number of fused-ring (bicyclic) bond motifs is 1. The number of hydrogen-bond acceptors (Lipinski definition) is 10. The highest BCUT2D eigenvalue weighted by Gasteiger charge is 2.51. The molecule has 2 aliphatic heterocycles. The Morgan fingerprint density at radius 1 is 1.02 bits per heavy atom. The second-order valence-corrected chi connectivity index (χ2v) is 12.6. The normalized spacial score (nSPS) is 27.0. The van der Waals surface area contributed by atoms with Crippen molar-refractivity contribution in [3.63, 3.8) is 0 Å². The fraction of sp³-hybridized carbons (Fsp3) is 0.667. The Labute approximate surface area is 280 Å². The van der Waals surface area contributed by atoms with Gasteiger partial charge >= 0.3 is 12.1 Å². The van der Waals surface area contributed by atoms with E-state index in [1.165, 1.54) is 13.3 Å². The Morgan fingerprint density at radius 2 is 1.77 bits per heavy atom.